The molecule has 0 aliphatic carbocycles. The Morgan fingerprint density at radius 1 is 1.30 bits per heavy atom. The molecule has 0 unspecified atom stereocenters. The predicted octanol–water partition coefficient (Wildman–Crippen LogP) is 1.31. The number of piperazine rings is 1. The number of amides is 2. The number of nitrogens with one attached hydrogen (secondary N) is 1. The monoisotopic (exact) mass is 279 g/mol. The second kappa shape index (κ2) is 5.26. The first-order valence-electron chi connectivity index (χ1n) is 6.95. The number of aryl methyl sites for hydroxylation is 2. The molecule has 0 radical (unpaired) electrons. The second-order valence-electron chi connectivity index (χ2n) is 5.30. The molecular formula is C14H21N3O3. The van der Waals surface area contributed by atoms with Crippen LogP contribution in [0.1, 0.15) is 43.7 Å². The van der Waals surface area contributed by atoms with Crippen LogP contribution in [0.2, 0.25) is 0 Å². The van der Waals surface area contributed by atoms with Crippen LogP contribution in [0.25, 0.3) is 0 Å². The smallest absolute Gasteiger partial charge is 0.249 e. The Kier molecular flexibility index (Phi) is 3.83. The second-order valence-corrected chi connectivity index (χ2v) is 5.30. The first kappa shape index (κ1) is 14.6. The lowest BCUT2D eigenvalue weighted by Crippen LogP contribution is -2.65. The number of nitrogens with zero attached hydrogens (tertiary/aromatic N) is 2. The van der Waals surface area contributed by atoms with E-state index in [0.717, 1.165) is 11.3 Å². The van der Waals surface area contributed by atoms with Crippen molar-refractivity contribution in [1.29, 1.82) is 0 Å². The predicted molar refractivity (Wildman–Crippen MR) is 72.8 cm³/mol. The molecule has 2 rings (SSSR count). The van der Waals surface area contributed by atoms with Crippen LogP contribution in [0.15, 0.2) is 4.52 Å². The molecule has 1 N–H and O–H groups in total. The van der Waals surface area contributed by atoms with Crippen molar-refractivity contribution in [2.24, 2.45) is 0 Å². The number of hydrogen-bond acceptors (Lipinski definition) is 4. The maximum Gasteiger partial charge on any atom is 0.249 e. The number of rotatable bonds is 4. The minimum Gasteiger partial charge on any atom is -0.361 e. The van der Waals surface area contributed by atoms with Crippen LogP contribution < -0.4 is 5.32 Å². The van der Waals surface area contributed by atoms with E-state index in [2.05, 4.69) is 10.5 Å². The van der Waals surface area contributed by atoms with E-state index in [9.17, 15) is 9.59 Å². The summed E-state index contributed by atoms with van der Waals surface area (Å²) in [5.41, 5.74) is 0.878. The molecule has 6 heteroatoms. The molecule has 1 aromatic rings. The van der Waals surface area contributed by atoms with Gasteiger partial charge in [0.15, 0.2) is 0 Å². The fourth-order valence-electron chi connectivity index (χ4n) is 2.68. The molecule has 20 heavy (non-hydrogen) atoms. The largest absolute Gasteiger partial charge is 0.361 e. The van der Waals surface area contributed by atoms with E-state index < -0.39 is 5.54 Å². The van der Waals surface area contributed by atoms with E-state index in [1.54, 1.807) is 4.90 Å². The van der Waals surface area contributed by atoms with Crippen molar-refractivity contribution in [3.8, 4) is 0 Å². The summed E-state index contributed by atoms with van der Waals surface area (Å²) in [6.45, 7) is 7.95. The van der Waals surface area contributed by atoms with Gasteiger partial charge in [-0.2, -0.15) is 0 Å². The summed E-state index contributed by atoms with van der Waals surface area (Å²) < 4.78 is 5.12. The van der Waals surface area contributed by atoms with Gasteiger partial charge in [-0.25, -0.2) is 0 Å². The molecule has 1 aliphatic rings. The fourth-order valence-corrected chi connectivity index (χ4v) is 2.68. The summed E-state index contributed by atoms with van der Waals surface area (Å²) >= 11 is 0. The van der Waals surface area contributed by atoms with Gasteiger partial charge in [-0.3, -0.25) is 9.59 Å². The molecule has 0 saturated carbocycles. The van der Waals surface area contributed by atoms with Crippen LogP contribution in [0.3, 0.4) is 0 Å². The van der Waals surface area contributed by atoms with Gasteiger partial charge in [-0.15, -0.1) is 0 Å². The highest BCUT2D eigenvalue weighted by atomic mass is 16.5. The highest BCUT2D eigenvalue weighted by Crippen LogP contribution is 2.24. The molecule has 0 aromatic carbocycles. The van der Waals surface area contributed by atoms with Gasteiger partial charge in [0, 0.05) is 5.56 Å². The van der Waals surface area contributed by atoms with Gasteiger partial charge in [0.2, 0.25) is 11.8 Å². The van der Waals surface area contributed by atoms with Gasteiger partial charge in [0.1, 0.15) is 11.3 Å². The highest BCUT2D eigenvalue weighted by Gasteiger charge is 2.44. The number of aromatic nitrogens is 1. The third-order valence-electron chi connectivity index (χ3n) is 4.15. The fraction of sp³-hybridized carbons (Fsp3) is 0.643. The lowest BCUT2D eigenvalue weighted by Gasteiger charge is -2.41. The van der Waals surface area contributed by atoms with Crippen molar-refractivity contribution in [3.05, 3.63) is 17.0 Å². The quantitative estimate of drug-likeness (QED) is 0.901. The van der Waals surface area contributed by atoms with Crippen molar-refractivity contribution >= 4 is 11.8 Å². The molecule has 1 aromatic heterocycles. The summed E-state index contributed by atoms with van der Waals surface area (Å²) in [7, 11) is 0. The summed E-state index contributed by atoms with van der Waals surface area (Å²) in [6, 6.07) is 0. The van der Waals surface area contributed by atoms with E-state index >= 15 is 0 Å². The topological polar surface area (TPSA) is 75.4 Å². The number of hydrogen-bond donors (Lipinski definition) is 1. The van der Waals surface area contributed by atoms with Crippen LogP contribution >= 0.6 is 0 Å². The van der Waals surface area contributed by atoms with Crippen LogP contribution in [0.4, 0.5) is 0 Å². The van der Waals surface area contributed by atoms with Crippen molar-refractivity contribution in [1.82, 2.24) is 15.4 Å². The van der Waals surface area contributed by atoms with E-state index in [4.69, 9.17) is 4.52 Å². The molecule has 2 amide bonds. The summed E-state index contributed by atoms with van der Waals surface area (Å²) in [6.07, 6.45) is 1.18. The lowest BCUT2D eigenvalue weighted by molar-refractivity contribution is -0.151. The molecule has 1 aliphatic heterocycles. The Hall–Kier alpha value is -1.85. The van der Waals surface area contributed by atoms with E-state index in [-0.39, 0.29) is 18.4 Å². The van der Waals surface area contributed by atoms with E-state index in [0.29, 0.717) is 25.1 Å². The van der Waals surface area contributed by atoms with Crippen LogP contribution in [0.5, 0.6) is 0 Å². The third-order valence-corrected chi connectivity index (χ3v) is 4.15. The zero-order valence-corrected chi connectivity index (χ0v) is 12.4. The van der Waals surface area contributed by atoms with Gasteiger partial charge in [-0.1, -0.05) is 19.0 Å². The van der Waals surface area contributed by atoms with Gasteiger partial charge < -0.3 is 14.7 Å². The van der Waals surface area contributed by atoms with Gasteiger partial charge in [0.25, 0.3) is 0 Å². The Labute approximate surface area is 118 Å². The van der Waals surface area contributed by atoms with Crippen molar-refractivity contribution in [2.45, 2.75) is 52.6 Å². The minimum absolute atomic E-state index is 0.0258. The summed E-state index contributed by atoms with van der Waals surface area (Å²) in [5.74, 6) is 0.557. The molecule has 2 heterocycles. The number of carbonyl (C=O) groups is 2. The maximum atomic E-state index is 12.7. The molecule has 6 nitrogen and oxygen atoms in total. The van der Waals surface area contributed by atoms with Gasteiger partial charge in [0.05, 0.1) is 18.8 Å². The molecule has 110 valence electrons. The molecule has 1 saturated heterocycles. The molecule has 1 fully saturated rings. The van der Waals surface area contributed by atoms with E-state index in [1.807, 2.05) is 27.7 Å². The van der Waals surface area contributed by atoms with Crippen molar-refractivity contribution in [3.63, 3.8) is 0 Å². The zero-order chi connectivity index (χ0) is 14.9. The Morgan fingerprint density at radius 3 is 2.45 bits per heavy atom. The Balaban J connectivity index is 2.27. The molecule has 0 bridgehead atoms. The van der Waals surface area contributed by atoms with Crippen LogP contribution in [-0.4, -0.2) is 34.0 Å². The third kappa shape index (κ3) is 2.30. The van der Waals surface area contributed by atoms with Crippen LogP contribution in [0, 0.1) is 13.8 Å². The Morgan fingerprint density at radius 2 is 1.95 bits per heavy atom. The minimum atomic E-state index is -0.770. The number of carbonyl (C=O) groups excluding carboxylic acids is 2. The average molecular weight is 279 g/mol. The van der Waals surface area contributed by atoms with Gasteiger partial charge in [-0.05, 0) is 26.7 Å². The molecule has 0 atom stereocenters. The standard InChI is InChI=1S/C14H21N3O3/c1-5-14(6-2)13(19)17(8-12(18)15-14)7-11-9(3)16-20-10(11)4/h5-8H2,1-4H3,(H,15,18). The SMILES string of the molecule is CCC1(CC)NC(=O)CN(Cc2c(C)noc2C)C1=O. The first-order valence-corrected chi connectivity index (χ1v) is 6.95. The molecule has 0 spiro atoms. The molecular weight excluding hydrogens is 258 g/mol. The van der Waals surface area contributed by atoms with Crippen LogP contribution in [-0.2, 0) is 16.1 Å². The van der Waals surface area contributed by atoms with Crippen molar-refractivity contribution < 1.29 is 14.1 Å². The maximum absolute atomic E-state index is 12.7. The Bertz CT molecular complexity index is 512. The first-order chi connectivity index (χ1) is 9.43. The zero-order valence-electron chi connectivity index (χ0n) is 12.4. The average Bonchev–Trinajstić information content (AvgIpc) is 2.74. The summed E-state index contributed by atoms with van der Waals surface area (Å²) in [4.78, 5) is 26.2. The lowest BCUT2D eigenvalue weighted by atomic mass is 9.88. The van der Waals surface area contributed by atoms with Gasteiger partial charge >= 0.3 is 0 Å². The van der Waals surface area contributed by atoms with E-state index in [1.165, 1.54) is 0 Å². The van der Waals surface area contributed by atoms with Crippen molar-refractivity contribution in [2.75, 3.05) is 6.54 Å². The highest BCUT2D eigenvalue weighted by molar-refractivity contribution is 5.97. The normalized spacial score (nSPS) is 18.3. The summed E-state index contributed by atoms with van der Waals surface area (Å²) in [5, 5.41) is 6.74.